The molecule has 7 nitrogen and oxygen atoms in total. The molecule has 0 radical (unpaired) electrons. The lowest BCUT2D eigenvalue weighted by molar-refractivity contribution is -0.118. The molecule has 8 heteroatoms. The van der Waals surface area contributed by atoms with Crippen LogP contribution in [0.5, 0.6) is 0 Å². The van der Waals surface area contributed by atoms with Gasteiger partial charge in [-0.05, 0) is 67.4 Å². The van der Waals surface area contributed by atoms with E-state index < -0.39 is 0 Å². The number of halogens is 1. The second-order valence-electron chi connectivity index (χ2n) is 8.94. The van der Waals surface area contributed by atoms with Crippen molar-refractivity contribution in [3.8, 4) is 0 Å². The van der Waals surface area contributed by atoms with E-state index in [9.17, 15) is 14.0 Å². The highest BCUT2D eigenvalue weighted by Gasteiger charge is 2.20. The van der Waals surface area contributed by atoms with Gasteiger partial charge in [-0.3, -0.25) is 9.59 Å². The normalized spacial score (nSPS) is 15.2. The smallest absolute Gasteiger partial charge is 0.272 e. The number of nitrogen functional groups attached to an aromatic ring is 1. The summed E-state index contributed by atoms with van der Waals surface area (Å²) in [6.45, 7) is 0.867. The van der Waals surface area contributed by atoms with Gasteiger partial charge in [0.25, 0.3) is 5.91 Å². The molecular formula is C28H27FN4O3. The summed E-state index contributed by atoms with van der Waals surface area (Å²) in [4.78, 5) is 25.8. The lowest BCUT2D eigenvalue weighted by atomic mass is 10.1. The Morgan fingerprint density at radius 3 is 2.53 bits per heavy atom. The number of nitrogens with two attached hydrogens (primary N) is 1. The number of fused-ring (bicyclic) bond motifs is 1. The summed E-state index contributed by atoms with van der Waals surface area (Å²) in [5.74, 6) is -0.799. The third-order valence-electron chi connectivity index (χ3n) is 6.31. The van der Waals surface area contributed by atoms with Crippen LogP contribution in [-0.4, -0.2) is 29.1 Å². The number of carbonyl (C=O) groups is 2. The number of hydrogen-bond acceptors (Lipinski definition) is 4. The highest BCUT2D eigenvalue weighted by atomic mass is 19.1. The summed E-state index contributed by atoms with van der Waals surface area (Å²) in [6, 6.07) is 20.5. The third-order valence-corrected chi connectivity index (χ3v) is 6.31. The van der Waals surface area contributed by atoms with E-state index in [1.54, 1.807) is 59.2 Å². The Morgan fingerprint density at radius 2 is 1.78 bits per heavy atom. The van der Waals surface area contributed by atoms with Crippen molar-refractivity contribution in [2.75, 3.05) is 23.0 Å². The molecule has 1 atom stereocenters. The van der Waals surface area contributed by atoms with Gasteiger partial charge in [0.15, 0.2) is 0 Å². The number of ether oxygens (including phenoxy) is 1. The number of nitrogens with one attached hydrogen (secondary N) is 2. The molecule has 184 valence electrons. The Labute approximate surface area is 208 Å². The number of anilines is 3. The van der Waals surface area contributed by atoms with Gasteiger partial charge in [0.2, 0.25) is 5.91 Å². The fourth-order valence-corrected chi connectivity index (χ4v) is 4.49. The number of nitrogens with zero attached hydrogens (tertiary/aromatic N) is 1. The van der Waals surface area contributed by atoms with Crippen LogP contribution in [0.1, 0.15) is 35.3 Å². The van der Waals surface area contributed by atoms with Gasteiger partial charge in [0, 0.05) is 40.1 Å². The van der Waals surface area contributed by atoms with Gasteiger partial charge >= 0.3 is 0 Å². The fourth-order valence-electron chi connectivity index (χ4n) is 4.49. The molecule has 4 N–H and O–H groups in total. The van der Waals surface area contributed by atoms with Crippen LogP contribution in [-0.2, 0) is 16.1 Å². The lowest BCUT2D eigenvalue weighted by Crippen LogP contribution is -2.19. The predicted molar refractivity (Wildman–Crippen MR) is 138 cm³/mol. The van der Waals surface area contributed by atoms with Gasteiger partial charge in [-0.25, -0.2) is 4.39 Å². The molecule has 2 heterocycles. The molecule has 2 amide bonds. The number of aromatic nitrogens is 1. The SMILES string of the molecule is Nc1ccc(NC(=O)c2cc3cc(NC(=O)CC4CCCO4)ccc3n2Cc2ccccc2F)cc1. The molecule has 4 aromatic rings. The van der Waals surface area contributed by atoms with E-state index in [1.165, 1.54) is 6.07 Å². The van der Waals surface area contributed by atoms with Gasteiger partial charge in [-0.15, -0.1) is 0 Å². The highest BCUT2D eigenvalue weighted by Crippen LogP contribution is 2.27. The molecule has 1 aliphatic rings. The largest absolute Gasteiger partial charge is 0.399 e. The Kier molecular flexibility index (Phi) is 6.69. The quantitative estimate of drug-likeness (QED) is 0.314. The molecule has 1 fully saturated rings. The standard InChI is InChI=1S/C28H27FN4O3/c29-24-6-2-1-4-18(24)17-33-25-12-11-22(31-27(34)16-23-5-3-13-36-23)14-19(25)15-26(33)28(35)32-21-9-7-20(30)8-10-21/h1-2,4,6-12,14-15,23H,3,5,13,16-17,30H2,(H,31,34)(H,32,35). The van der Waals surface area contributed by atoms with Crippen molar-refractivity contribution in [1.29, 1.82) is 0 Å². The molecule has 0 aliphatic carbocycles. The number of amides is 2. The lowest BCUT2D eigenvalue weighted by Gasteiger charge is -2.13. The molecule has 0 saturated carbocycles. The van der Waals surface area contributed by atoms with Crippen molar-refractivity contribution in [1.82, 2.24) is 4.57 Å². The zero-order chi connectivity index (χ0) is 25.1. The fraction of sp³-hybridized carbons (Fsp3) is 0.214. The molecule has 0 spiro atoms. The van der Waals surface area contributed by atoms with Gasteiger partial charge < -0.3 is 25.7 Å². The molecule has 1 unspecified atom stereocenters. The van der Waals surface area contributed by atoms with Crippen LogP contribution in [0.4, 0.5) is 21.5 Å². The van der Waals surface area contributed by atoms with Crippen molar-refractivity contribution >= 4 is 39.8 Å². The van der Waals surface area contributed by atoms with Crippen molar-refractivity contribution < 1.29 is 18.7 Å². The molecule has 36 heavy (non-hydrogen) atoms. The van der Waals surface area contributed by atoms with Crippen LogP contribution in [0, 0.1) is 5.82 Å². The molecule has 3 aromatic carbocycles. The van der Waals surface area contributed by atoms with Crippen molar-refractivity contribution in [3.05, 3.63) is 89.9 Å². The van der Waals surface area contributed by atoms with E-state index in [2.05, 4.69) is 10.6 Å². The maximum Gasteiger partial charge on any atom is 0.272 e. The van der Waals surface area contributed by atoms with Crippen LogP contribution in [0.15, 0.2) is 72.8 Å². The number of rotatable bonds is 7. The summed E-state index contributed by atoms with van der Waals surface area (Å²) in [7, 11) is 0. The molecule has 1 aliphatic heterocycles. The highest BCUT2D eigenvalue weighted by molar-refractivity contribution is 6.07. The number of hydrogen-bond donors (Lipinski definition) is 3. The topological polar surface area (TPSA) is 98.4 Å². The first-order chi connectivity index (χ1) is 17.5. The minimum Gasteiger partial charge on any atom is -0.399 e. The first-order valence-electron chi connectivity index (χ1n) is 11.9. The van der Waals surface area contributed by atoms with E-state index in [1.807, 2.05) is 12.1 Å². The Balaban J connectivity index is 1.46. The van der Waals surface area contributed by atoms with E-state index in [0.717, 1.165) is 23.7 Å². The summed E-state index contributed by atoms with van der Waals surface area (Å²) in [5, 5.41) is 6.56. The van der Waals surface area contributed by atoms with Gasteiger partial charge in [0.1, 0.15) is 11.5 Å². The van der Waals surface area contributed by atoms with Gasteiger partial charge in [-0.1, -0.05) is 18.2 Å². The molecule has 1 aromatic heterocycles. The number of benzene rings is 3. The molecule has 1 saturated heterocycles. The second-order valence-corrected chi connectivity index (χ2v) is 8.94. The van der Waals surface area contributed by atoms with Gasteiger partial charge in [0.05, 0.1) is 19.1 Å². The van der Waals surface area contributed by atoms with E-state index in [-0.39, 0.29) is 30.3 Å². The first-order valence-corrected chi connectivity index (χ1v) is 11.9. The van der Waals surface area contributed by atoms with Gasteiger partial charge in [-0.2, -0.15) is 0 Å². The predicted octanol–water partition coefficient (Wildman–Crippen LogP) is 5.17. The maximum absolute atomic E-state index is 14.5. The van der Waals surface area contributed by atoms with Crippen molar-refractivity contribution in [2.24, 2.45) is 0 Å². The van der Waals surface area contributed by atoms with Crippen LogP contribution in [0.2, 0.25) is 0 Å². The summed E-state index contributed by atoms with van der Waals surface area (Å²) >= 11 is 0. The Bertz CT molecular complexity index is 1410. The monoisotopic (exact) mass is 486 g/mol. The van der Waals surface area contributed by atoms with Crippen molar-refractivity contribution in [2.45, 2.75) is 31.9 Å². The summed E-state index contributed by atoms with van der Waals surface area (Å²) < 4.78 is 21.8. The van der Waals surface area contributed by atoms with E-state index >= 15 is 0 Å². The minimum atomic E-state index is -0.345. The minimum absolute atomic E-state index is 0.0424. The molecule has 0 bridgehead atoms. The van der Waals surface area contributed by atoms with Crippen LogP contribution >= 0.6 is 0 Å². The summed E-state index contributed by atoms with van der Waals surface area (Å²) in [5.41, 5.74) is 9.14. The number of carbonyl (C=O) groups excluding carboxylic acids is 2. The molecular weight excluding hydrogens is 459 g/mol. The zero-order valence-electron chi connectivity index (χ0n) is 19.7. The van der Waals surface area contributed by atoms with E-state index in [4.69, 9.17) is 10.5 Å². The Morgan fingerprint density at radius 1 is 1.00 bits per heavy atom. The second kappa shape index (κ2) is 10.2. The van der Waals surface area contributed by atoms with Crippen LogP contribution in [0.25, 0.3) is 10.9 Å². The van der Waals surface area contributed by atoms with Crippen molar-refractivity contribution in [3.63, 3.8) is 0 Å². The van der Waals surface area contributed by atoms with Crippen LogP contribution < -0.4 is 16.4 Å². The first kappa shape index (κ1) is 23.6. The Hall–Kier alpha value is -4.17. The maximum atomic E-state index is 14.5. The van der Waals surface area contributed by atoms with Crippen LogP contribution in [0.3, 0.4) is 0 Å². The zero-order valence-corrected chi connectivity index (χ0v) is 19.7. The summed E-state index contributed by atoms with van der Waals surface area (Å²) in [6.07, 6.45) is 2.12. The average Bonchev–Trinajstić information content (AvgIpc) is 3.49. The van der Waals surface area contributed by atoms with E-state index in [0.29, 0.717) is 41.3 Å². The average molecular weight is 487 g/mol. The third kappa shape index (κ3) is 5.23. The molecule has 5 rings (SSSR count).